The Labute approximate surface area is 137 Å². The van der Waals surface area contributed by atoms with Crippen LogP contribution in [0.25, 0.3) is 0 Å². The molecule has 0 amide bonds. The Morgan fingerprint density at radius 3 is 2.00 bits per heavy atom. The number of fused-ring (bicyclic) bond motifs is 1. The lowest BCUT2D eigenvalue weighted by atomic mass is 10.1. The number of hydrogen-bond acceptors (Lipinski definition) is 6. The molecule has 6 heteroatoms. The minimum atomic E-state index is -0.404. The number of unbranched alkanes of at least 4 members (excludes halogenated alkanes) is 1. The van der Waals surface area contributed by atoms with Crippen molar-refractivity contribution in [2.45, 2.75) is 77.3 Å². The van der Waals surface area contributed by atoms with Gasteiger partial charge in [-0.1, -0.05) is 27.2 Å². The quantitative estimate of drug-likeness (QED) is 0.636. The van der Waals surface area contributed by atoms with Gasteiger partial charge in [-0.05, 0) is 18.8 Å². The highest BCUT2D eigenvalue weighted by Gasteiger charge is 2.51. The summed E-state index contributed by atoms with van der Waals surface area (Å²) >= 11 is 0. The van der Waals surface area contributed by atoms with Crippen LogP contribution in [0.2, 0.25) is 0 Å². The molecule has 2 aliphatic rings. The third-order valence-electron chi connectivity index (χ3n) is 4.19. The summed E-state index contributed by atoms with van der Waals surface area (Å²) in [6.07, 6.45) is 1.93. The molecular formula is C17H28O6. The van der Waals surface area contributed by atoms with Crippen LogP contribution in [0.15, 0.2) is 0 Å². The topological polar surface area (TPSA) is 71.1 Å². The van der Waals surface area contributed by atoms with Gasteiger partial charge in [0.1, 0.15) is 12.2 Å². The second kappa shape index (κ2) is 8.64. The van der Waals surface area contributed by atoms with Crippen molar-refractivity contribution in [2.24, 2.45) is 5.92 Å². The highest BCUT2D eigenvalue weighted by molar-refractivity contribution is 5.70. The predicted molar refractivity (Wildman–Crippen MR) is 82.8 cm³/mol. The summed E-state index contributed by atoms with van der Waals surface area (Å²) in [4.78, 5) is 23.6. The first kappa shape index (κ1) is 18.2. The van der Waals surface area contributed by atoms with Crippen molar-refractivity contribution in [1.29, 1.82) is 0 Å². The molecule has 0 aromatic heterocycles. The molecule has 0 N–H and O–H groups in total. The number of carbonyl (C=O) groups is 2. The largest absolute Gasteiger partial charge is 0.457 e. The Bertz CT molecular complexity index is 408. The third-order valence-corrected chi connectivity index (χ3v) is 4.19. The van der Waals surface area contributed by atoms with Crippen molar-refractivity contribution in [3.8, 4) is 0 Å². The first-order valence-electron chi connectivity index (χ1n) is 8.63. The Morgan fingerprint density at radius 2 is 1.52 bits per heavy atom. The number of rotatable bonds is 8. The molecule has 0 spiro atoms. The molecule has 0 bridgehead atoms. The van der Waals surface area contributed by atoms with E-state index in [0.29, 0.717) is 32.0 Å². The van der Waals surface area contributed by atoms with Crippen LogP contribution in [0.5, 0.6) is 0 Å². The number of ether oxygens (including phenoxy) is 4. The van der Waals surface area contributed by atoms with Gasteiger partial charge in [0.05, 0.1) is 13.2 Å². The van der Waals surface area contributed by atoms with Crippen LogP contribution in [0.1, 0.15) is 52.9 Å². The van der Waals surface area contributed by atoms with Crippen molar-refractivity contribution in [1.82, 2.24) is 0 Å². The summed E-state index contributed by atoms with van der Waals surface area (Å²) in [5, 5.41) is 0. The van der Waals surface area contributed by atoms with Crippen LogP contribution in [0, 0.1) is 5.92 Å². The van der Waals surface area contributed by atoms with E-state index in [4.69, 9.17) is 18.9 Å². The van der Waals surface area contributed by atoms with E-state index >= 15 is 0 Å². The zero-order chi connectivity index (χ0) is 16.8. The fourth-order valence-corrected chi connectivity index (χ4v) is 2.81. The zero-order valence-electron chi connectivity index (χ0n) is 14.3. The first-order valence-corrected chi connectivity index (χ1v) is 8.63. The van der Waals surface area contributed by atoms with Gasteiger partial charge < -0.3 is 18.9 Å². The lowest BCUT2D eigenvalue weighted by Gasteiger charge is -2.17. The molecule has 0 aromatic carbocycles. The minimum Gasteiger partial charge on any atom is -0.457 e. The third kappa shape index (κ3) is 5.18. The van der Waals surface area contributed by atoms with E-state index in [9.17, 15) is 9.59 Å². The van der Waals surface area contributed by atoms with Crippen molar-refractivity contribution >= 4 is 11.9 Å². The van der Waals surface area contributed by atoms with Gasteiger partial charge in [0, 0.05) is 12.8 Å². The second-order valence-electron chi connectivity index (χ2n) is 6.69. The van der Waals surface area contributed by atoms with Gasteiger partial charge in [0.15, 0.2) is 12.2 Å². The van der Waals surface area contributed by atoms with E-state index in [1.807, 2.05) is 6.92 Å². The minimum absolute atomic E-state index is 0.220. The second-order valence-corrected chi connectivity index (χ2v) is 6.69. The van der Waals surface area contributed by atoms with Crippen LogP contribution in [0.3, 0.4) is 0 Å². The maximum absolute atomic E-state index is 11.9. The Hall–Kier alpha value is -1.14. The molecule has 0 unspecified atom stereocenters. The summed E-state index contributed by atoms with van der Waals surface area (Å²) in [6.45, 7) is 6.76. The molecule has 2 rings (SSSR count). The van der Waals surface area contributed by atoms with Gasteiger partial charge in [-0.25, -0.2) is 0 Å². The molecule has 2 heterocycles. The number of hydrogen-bond donors (Lipinski definition) is 0. The summed E-state index contributed by atoms with van der Waals surface area (Å²) in [7, 11) is 0. The van der Waals surface area contributed by atoms with E-state index in [-0.39, 0.29) is 24.1 Å². The van der Waals surface area contributed by atoms with E-state index in [1.54, 1.807) is 0 Å². The molecule has 23 heavy (non-hydrogen) atoms. The molecule has 132 valence electrons. The fourth-order valence-electron chi connectivity index (χ4n) is 2.81. The van der Waals surface area contributed by atoms with E-state index < -0.39 is 12.2 Å². The Kier molecular flexibility index (Phi) is 6.84. The highest BCUT2D eigenvalue weighted by Crippen LogP contribution is 2.31. The first-order chi connectivity index (χ1) is 11.0. The van der Waals surface area contributed by atoms with Crippen LogP contribution in [0.4, 0.5) is 0 Å². The number of carbonyl (C=O) groups excluding carboxylic acids is 2. The van der Waals surface area contributed by atoms with Crippen molar-refractivity contribution < 1.29 is 28.5 Å². The lowest BCUT2D eigenvalue weighted by Crippen LogP contribution is -2.36. The molecule has 2 saturated heterocycles. The molecule has 0 aliphatic carbocycles. The van der Waals surface area contributed by atoms with Gasteiger partial charge in [-0.15, -0.1) is 0 Å². The van der Waals surface area contributed by atoms with Crippen LogP contribution >= 0.6 is 0 Å². The SMILES string of the molecule is CCCCC(=O)O[C@H]1CO[C@H]2[C@@H]1OC[C@@H]2OC(=O)CCC(C)C. The molecular weight excluding hydrogens is 300 g/mol. The molecule has 4 atom stereocenters. The fraction of sp³-hybridized carbons (Fsp3) is 0.882. The maximum Gasteiger partial charge on any atom is 0.306 e. The van der Waals surface area contributed by atoms with Gasteiger partial charge in [0.2, 0.25) is 0 Å². The smallest absolute Gasteiger partial charge is 0.306 e. The average Bonchev–Trinajstić information content (AvgIpc) is 3.07. The van der Waals surface area contributed by atoms with Gasteiger partial charge in [-0.2, -0.15) is 0 Å². The van der Waals surface area contributed by atoms with Crippen LogP contribution in [-0.2, 0) is 28.5 Å². The van der Waals surface area contributed by atoms with Crippen molar-refractivity contribution in [3.05, 3.63) is 0 Å². The Morgan fingerprint density at radius 1 is 1.00 bits per heavy atom. The van der Waals surface area contributed by atoms with Crippen molar-refractivity contribution in [3.63, 3.8) is 0 Å². The molecule has 2 fully saturated rings. The molecule has 2 aliphatic heterocycles. The number of esters is 2. The molecule has 0 radical (unpaired) electrons. The average molecular weight is 328 g/mol. The Balaban J connectivity index is 1.77. The van der Waals surface area contributed by atoms with Crippen molar-refractivity contribution in [2.75, 3.05) is 13.2 Å². The summed E-state index contributed by atoms with van der Waals surface area (Å²) in [5.74, 6) is 0.0202. The summed E-state index contributed by atoms with van der Waals surface area (Å²) in [6, 6.07) is 0. The maximum atomic E-state index is 11.9. The molecule has 0 aromatic rings. The van der Waals surface area contributed by atoms with Gasteiger partial charge >= 0.3 is 11.9 Å². The monoisotopic (exact) mass is 328 g/mol. The lowest BCUT2D eigenvalue weighted by molar-refractivity contribution is -0.155. The summed E-state index contributed by atoms with van der Waals surface area (Å²) < 4.78 is 22.2. The summed E-state index contributed by atoms with van der Waals surface area (Å²) in [5.41, 5.74) is 0. The van der Waals surface area contributed by atoms with Crippen LogP contribution in [-0.4, -0.2) is 49.6 Å². The standard InChI is InChI=1S/C17H28O6/c1-4-5-6-14(18)22-12-9-20-17-13(10-21-16(12)17)23-15(19)8-7-11(2)3/h11-13,16-17H,4-10H2,1-3H3/t12-,13-,16+,17+/m0/s1. The molecule has 6 nitrogen and oxygen atoms in total. The van der Waals surface area contributed by atoms with Gasteiger partial charge in [0.25, 0.3) is 0 Å². The zero-order valence-corrected chi connectivity index (χ0v) is 14.3. The molecule has 0 saturated carbocycles. The van der Waals surface area contributed by atoms with Crippen LogP contribution < -0.4 is 0 Å². The normalized spacial score (nSPS) is 29.6. The van der Waals surface area contributed by atoms with Gasteiger partial charge in [-0.3, -0.25) is 9.59 Å². The van der Waals surface area contributed by atoms with E-state index in [1.165, 1.54) is 0 Å². The van der Waals surface area contributed by atoms with E-state index in [0.717, 1.165) is 19.3 Å². The highest BCUT2D eigenvalue weighted by atomic mass is 16.7. The predicted octanol–water partition coefficient (Wildman–Crippen LogP) is 2.23. The van der Waals surface area contributed by atoms with E-state index in [2.05, 4.69) is 13.8 Å².